The maximum Gasteiger partial charge on any atom is 0.221 e. The third kappa shape index (κ3) is 4.42. The van der Waals surface area contributed by atoms with Gasteiger partial charge in [-0.2, -0.15) is 0 Å². The van der Waals surface area contributed by atoms with Crippen LogP contribution in [-0.4, -0.2) is 14.8 Å². The minimum atomic E-state index is -0.340. The molecule has 0 spiro atoms. The Hall–Kier alpha value is -3.10. The molecule has 8 heteroatoms. The van der Waals surface area contributed by atoms with Crippen LogP contribution < -0.4 is 5.32 Å². The molecule has 0 amide bonds. The second kappa shape index (κ2) is 9.18. The summed E-state index contributed by atoms with van der Waals surface area (Å²) in [5, 5.41) is 23.3. The fourth-order valence-corrected chi connectivity index (χ4v) is 4.09. The number of aromatic hydroxyl groups is 1. The first kappa shape index (κ1) is 22.1. The average Bonchev–Trinajstić information content (AvgIpc) is 3.01. The Bertz CT molecular complexity index is 1350. The zero-order chi connectivity index (χ0) is 22.8. The molecule has 162 valence electrons. The molecular formula is C24H20BrFN4OS. The summed E-state index contributed by atoms with van der Waals surface area (Å²) in [4.78, 5) is 0. The number of hydrogen-bond donors (Lipinski definition) is 2. The number of halogens is 2. The molecule has 0 aliphatic heterocycles. The zero-order valence-electron chi connectivity index (χ0n) is 17.4. The van der Waals surface area contributed by atoms with Crippen LogP contribution in [-0.2, 0) is 6.54 Å². The average molecular weight is 511 g/mol. The predicted octanol–water partition coefficient (Wildman–Crippen LogP) is 7.39. The standard InChI is InChI=1S/C24H20BrFN4OS/c1-14-6-5-7-15(2)21(14)27-24(32)29-28-22-18-12-17(25)10-11-20(18)30(23(22)31)13-16-8-3-4-9-19(16)26/h3-12,31H,13H2,1-2H3,(H,27,32). The van der Waals surface area contributed by atoms with E-state index in [1.54, 1.807) is 22.8 Å². The van der Waals surface area contributed by atoms with E-state index in [2.05, 4.69) is 31.5 Å². The number of nitrogens with one attached hydrogen (secondary N) is 1. The van der Waals surface area contributed by atoms with E-state index >= 15 is 0 Å². The first-order chi connectivity index (χ1) is 15.3. The first-order valence-electron chi connectivity index (χ1n) is 9.88. The van der Waals surface area contributed by atoms with Crippen molar-refractivity contribution in [2.45, 2.75) is 20.4 Å². The van der Waals surface area contributed by atoms with Gasteiger partial charge in [0.05, 0.1) is 12.1 Å². The van der Waals surface area contributed by atoms with Gasteiger partial charge in [-0.15, -0.1) is 10.2 Å². The van der Waals surface area contributed by atoms with E-state index in [1.165, 1.54) is 6.07 Å². The molecule has 2 N–H and O–H groups in total. The topological polar surface area (TPSA) is 61.9 Å². The Kier molecular flexibility index (Phi) is 6.34. The van der Waals surface area contributed by atoms with Gasteiger partial charge in [0, 0.05) is 21.1 Å². The van der Waals surface area contributed by atoms with Crippen molar-refractivity contribution < 1.29 is 9.50 Å². The summed E-state index contributed by atoms with van der Waals surface area (Å²) in [6.07, 6.45) is 0. The van der Waals surface area contributed by atoms with Crippen LogP contribution in [0.1, 0.15) is 16.7 Å². The normalized spacial score (nSPS) is 11.4. The van der Waals surface area contributed by atoms with Crippen molar-refractivity contribution in [3.63, 3.8) is 0 Å². The molecule has 0 saturated heterocycles. The van der Waals surface area contributed by atoms with E-state index < -0.39 is 0 Å². The van der Waals surface area contributed by atoms with Crippen molar-refractivity contribution in [3.05, 3.63) is 87.6 Å². The fourth-order valence-electron chi connectivity index (χ4n) is 3.59. The molecule has 0 bridgehead atoms. The van der Waals surface area contributed by atoms with Crippen molar-refractivity contribution in [1.82, 2.24) is 4.57 Å². The van der Waals surface area contributed by atoms with Gasteiger partial charge in [-0.3, -0.25) is 0 Å². The lowest BCUT2D eigenvalue weighted by atomic mass is 10.1. The number of hydrogen-bond acceptors (Lipinski definition) is 3. The van der Waals surface area contributed by atoms with Gasteiger partial charge in [0.1, 0.15) is 5.82 Å². The van der Waals surface area contributed by atoms with Crippen LogP contribution in [0.3, 0.4) is 0 Å². The van der Waals surface area contributed by atoms with Crippen molar-refractivity contribution in [3.8, 4) is 5.88 Å². The monoisotopic (exact) mass is 510 g/mol. The quantitative estimate of drug-likeness (QED) is 0.222. The van der Waals surface area contributed by atoms with Crippen LogP contribution in [0.25, 0.3) is 10.9 Å². The number of fused-ring (bicyclic) bond motifs is 1. The SMILES string of the molecule is Cc1cccc(C)c1NC(=S)N=Nc1c(O)n(Cc2ccccc2F)c2ccc(Br)cc12. The highest BCUT2D eigenvalue weighted by Crippen LogP contribution is 2.40. The lowest BCUT2D eigenvalue weighted by Crippen LogP contribution is -2.07. The van der Waals surface area contributed by atoms with Crippen LogP contribution in [0.2, 0.25) is 0 Å². The summed E-state index contributed by atoms with van der Waals surface area (Å²) >= 11 is 8.81. The lowest BCUT2D eigenvalue weighted by molar-refractivity contribution is 0.428. The highest BCUT2D eigenvalue weighted by molar-refractivity contribution is 9.10. The second-order valence-corrected chi connectivity index (χ2v) is 8.71. The van der Waals surface area contributed by atoms with Crippen LogP contribution in [0.4, 0.5) is 15.8 Å². The number of rotatable bonds is 4. The van der Waals surface area contributed by atoms with Gasteiger partial charge >= 0.3 is 0 Å². The van der Waals surface area contributed by atoms with Crippen molar-refractivity contribution in [2.24, 2.45) is 10.2 Å². The Labute approximate surface area is 198 Å². The van der Waals surface area contributed by atoms with Gasteiger partial charge < -0.3 is 15.0 Å². The van der Waals surface area contributed by atoms with Gasteiger partial charge in [0.2, 0.25) is 11.0 Å². The molecule has 5 nitrogen and oxygen atoms in total. The summed E-state index contributed by atoms with van der Waals surface area (Å²) in [6.45, 7) is 4.11. The molecular weight excluding hydrogens is 491 g/mol. The van der Waals surface area contributed by atoms with Crippen molar-refractivity contribution in [2.75, 3.05) is 5.32 Å². The van der Waals surface area contributed by atoms with Crippen LogP contribution >= 0.6 is 28.1 Å². The van der Waals surface area contributed by atoms with E-state index in [1.807, 2.05) is 50.2 Å². The predicted molar refractivity (Wildman–Crippen MR) is 133 cm³/mol. The molecule has 0 radical (unpaired) electrons. The molecule has 4 aromatic rings. The highest BCUT2D eigenvalue weighted by atomic mass is 79.9. The number of anilines is 1. The van der Waals surface area contributed by atoms with Gasteiger partial charge in [0.25, 0.3) is 0 Å². The van der Waals surface area contributed by atoms with Gasteiger partial charge in [-0.1, -0.05) is 52.3 Å². The van der Waals surface area contributed by atoms with E-state index in [4.69, 9.17) is 12.2 Å². The van der Waals surface area contributed by atoms with Crippen LogP contribution in [0.5, 0.6) is 5.88 Å². The fraction of sp³-hybridized carbons (Fsp3) is 0.125. The number of azo groups is 1. The second-order valence-electron chi connectivity index (χ2n) is 7.41. The number of aryl methyl sites for hydroxylation is 2. The highest BCUT2D eigenvalue weighted by Gasteiger charge is 2.18. The smallest absolute Gasteiger partial charge is 0.221 e. The van der Waals surface area contributed by atoms with E-state index in [-0.39, 0.29) is 29.0 Å². The molecule has 0 unspecified atom stereocenters. The lowest BCUT2D eigenvalue weighted by Gasteiger charge is -2.10. The summed E-state index contributed by atoms with van der Waals surface area (Å²) < 4.78 is 16.7. The largest absolute Gasteiger partial charge is 0.493 e. The van der Waals surface area contributed by atoms with E-state index in [0.717, 1.165) is 21.3 Å². The summed E-state index contributed by atoms with van der Waals surface area (Å²) in [6, 6.07) is 17.9. The molecule has 0 saturated carbocycles. The van der Waals surface area contributed by atoms with E-state index in [9.17, 15) is 9.50 Å². The number of nitrogens with zero attached hydrogens (tertiary/aromatic N) is 3. The number of aromatic nitrogens is 1. The minimum Gasteiger partial charge on any atom is -0.493 e. The van der Waals surface area contributed by atoms with Gasteiger partial charge in [-0.05, 0) is 61.5 Å². The third-order valence-corrected chi connectivity index (χ3v) is 5.89. The molecule has 1 aromatic heterocycles. The number of thiocarbonyl (C=S) groups is 1. The molecule has 0 fully saturated rings. The molecule has 32 heavy (non-hydrogen) atoms. The molecule has 4 rings (SSSR count). The summed E-state index contributed by atoms with van der Waals surface area (Å²) in [7, 11) is 0. The Balaban J connectivity index is 1.71. The maximum absolute atomic E-state index is 14.2. The first-order valence-corrected chi connectivity index (χ1v) is 11.1. The van der Waals surface area contributed by atoms with E-state index in [0.29, 0.717) is 16.5 Å². The molecule has 0 aliphatic rings. The number of benzene rings is 3. The Morgan fingerprint density at radius 2 is 1.81 bits per heavy atom. The Morgan fingerprint density at radius 1 is 1.09 bits per heavy atom. The van der Waals surface area contributed by atoms with Gasteiger partial charge in [-0.25, -0.2) is 4.39 Å². The maximum atomic E-state index is 14.2. The van der Waals surface area contributed by atoms with Crippen LogP contribution in [0, 0.1) is 19.7 Å². The van der Waals surface area contributed by atoms with Gasteiger partial charge in [0.15, 0.2) is 5.69 Å². The van der Waals surface area contributed by atoms with Crippen molar-refractivity contribution >= 4 is 55.5 Å². The minimum absolute atomic E-state index is 0.111. The molecule has 3 aromatic carbocycles. The molecule has 1 heterocycles. The molecule has 0 aliphatic carbocycles. The number of para-hydroxylation sites is 1. The summed E-state index contributed by atoms with van der Waals surface area (Å²) in [5.41, 5.74) is 4.38. The van der Waals surface area contributed by atoms with Crippen molar-refractivity contribution in [1.29, 1.82) is 0 Å². The third-order valence-electron chi connectivity index (χ3n) is 5.21. The summed E-state index contributed by atoms with van der Waals surface area (Å²) in [5.74, 6) is -0.451. The molecule has 0 atom stereocenters. The Morgan fingerprint density at radius 3 is 2.53 bits per heavy atom. The van der Waals surface area contributed by atoms with Crippen LogP contribution in [0.15, 0.2) is 75.4 Å². The zero-order valence-corrected chi connectivity index (χ0v) is 19.8.